The first kappa shape index (κ1) is 20.6. The van der Waals surface area contributed by atoms with E-state index in [2.05, 4.69) is 15.9 Å². The van der Waals surface area contributed by atoms with Crippen molar-refractivity contribution in [2.75, 3.05) is 4.90 Å². The number of nitrogens with zero attached hydrogens (tertiary/aromatic N) is 3. The summed E-state index contributed by atoms with van der Waals surface area (Å²) < 4.78 is 2.61. The summed E-state index contributed by atoms with van der Waals surface area (Å²) in [6.07, 6.45) is 0.376. The van der Waals surface area contributed by atoms with Crippen molar-refractivity contribution in [3.63, 3.8) is 0 Å². The van der Waals surface area contributed by atoms with Gasteiger partial charge in [0.15, 0.2) is 0 Å². The molecule has 0 bridgehead atoms. The largest absolute Gasteiger partial charge is 0.307 e. The van der Waals surface area contributed by atoms with E-state index in [4.69, 9.17) is 4.98 Å². The van der Waals surface area contributed by atoms with Gasteiger partial charge in [-0.3, -0.25) is 14.2 Å². The van der Waals surface area contributed by atoms with E-state index in [0.717, 1.165) is 21.3 Å². The molecule has 0 N–H and O–H groups in total. The highest BCUT2D eigenvalue weighted by Crippen LogP contribution is 2.41. The minimum absolute atomic E-state index is 0.0343. The first-order valence-electron chi connectivity index (χ1n) is 10.7. The third-order valence-electron chi connectivity index (χ3n) is 6.05. The van der Waals surface area contributed by atoms with Gasteiger partial charge in [-0.05, 0) is 48.4 Å². The quantitative estimate of drug-likeness (QED) is 0.395. The molecule has 1 aliphatic rings. The van der Waals surface area contributed by atoms with Crippen LogP contribution in [0, 0.1) is 0 Å². The molecule has 5 nitrogen and oxygen atoms in total. The third-order valence-corrected chi connectivity index (χ3v) is 6.54. The summed E-state index contributed by atoms with van der Waals surface area (Å²) in [7, 11) is 0. The second kappa shape index (κ2) is 8.36. The monoisotopic (exact) mass is 487 g/mol. The smallest absolute Gasteiger partial charge is 0.261 e. The van der Waals surface area contributed by atoms with Gasteiger partial charge < -0.3 is 4.90 Å². The Labute approximate surface area is 194 Å². The van der Waals surface area contributed by atoms with Gasteiger partial charge in [-0.1, -0.05) is 58.4 Å². The van der Waals surface area contributed by atoms with Gasteiger partial charge >= 0.3 is 0 Å². The highest BCUT2D eigenvalue weighted by Gasteiger charge is 2.38. The van der Waals surface area contributed by atoms with Crippen LogP contribution in [0.4, 0.5) is 5.69 Å². The number of rotatable bonds is 5. The predicted octanol–water partition coefficient (Wildman–Crippen LogP) is 5.05. The lowest BCUT2D eigenvalue weighted by molar-refractivity contribution is -0.119. The highest BCUT2D eigenvalue weighted by molar-refractivity contribution is 9.10. The molecule has 0 saturated carbocycles. The first-order chi connectivity index (χ1) is 15.6. The van der Waals surface area contributed by atoms with Crippen molar-refractivity contribution in [3.05, 3.63) is 105 Å². The molecule has 0 saturated heterocycles. The maximum absolute atomic E-state index is 13.6. The topological polar surface area (TPSA) is 55.2 Å². The standard InChI is InChI=1S/C26H22BrN3O2/c1-2-29-24(28-22-11-7-6-10-19(22)25(29)31)15-21-20-14-18(27)12-13-23(20)30(26(21)32)16-17-8-4-3-5-9-17/h3-14,21H,2,15-16H2,1H3/t21-/m0/s1. The van der Waals surface area contributed by atoms with Crippen LogP contribution < -0.4 is 10.5 Å². The number of fused-ring (bicyclic) bond motifs is 2. The van der Waals surface area contributed by atoms with Crippen molar-refractivity contribution >= 4 is 38.4 Å². The molecule has 0 unspecified atom stereocenters. The van der Waals surface area contributed by atoms with Crippen LogP contribution in [0.3, 0.4) is 0 Å². The Morgan fingerprint density at radius 2 is 1.72 bits per heavy atom. The predicted molar refractivity (Wildman–Crippen MR) is 130 cm³/mol. The number of para-hydroxylation sites is 1. The number of benzene rings is 3. The number of hydrogen-bond donors (Lipinski definition) is 0. The molecule has 1 amide bonds. The Bertz CT molecular complexity index is 1380. The Morgan fingerprint density at radius 3 is 2.50 bits per heavy atom. The Hall–Kier alpha value is -3.25. The molecule has 0 spiro atoms. The zero-order valence-corrected chi connectivity index (χ0v) is 19.2. The fourth-order valence-corrected chi connectivity index (χ4v) is 4.87. The van der Waals surface area contributed by atoms with Crippen molar-refractivity contribution in [2.24, 2.45) is 0 Å². The van der Waals surface area contributed by atoms with Gasteiger partial charge in [0, 0.05) is 23.1 Å². The number of amides is 1. The lowest BCUT2D eigenvalue weighted by Crippen LogP contribution is -2.31. The molecule has 32 heavy (non-hydrogen) atoms. The van der Waals surface area contributed by atoms with E-state index in [1.807, 2.05) is 78.6 Å². The van der Waals surface area contributed by atoms with E-state index in [9.17, 15) is 9.59 Å². The molecule has 0 fully saturated rings. The molecule has 2 heterocycles. The average Bonchev–Trinajstić information content (AvgIpc) is 3.05. The van der Waals surface area contributed by atoms with Crippen LogP contribution in [-0.2, 0) is 24.3 Å². The van der Waals surface area contributed by atoms with E-state index >= 15 is 0 Å². The van der Waals surface area contributed by atoms with Gasteiger partial charge in [-0.15, -0.1) is 0 Å². The molecule has 0 aliphatic carbocycles. The summed E-state index contributed by atoms with van der Waals surface area (Å²) >= 11 is 3.56. The SMILES string of the molecule is CCn1c(C[C@@H]2C(=O)N(Cc3ccccc3)c3ccc(Br)cc32)nc2ccccc2c1=O. The summed E-state index contributed by atoms with van der Waals surface area (Å²) in [6.45, 7) is 2.95. The summed E-state index contributed by atoms with van der Waals surface area (Å²) in [4.78, 5) is 33.3. The Morgan fingerprint density at radius 1 is 0.969 bits per heavy atom. The molecular weight excluding hydrogens is 466 g/mol. The van der Waals surface area contributed by atoms with Gasteiger partial charge in [0.1, 0.15) is 5.82 Å². The molecule has 1 aromatic heterocycles. The second-order valence-corrected chi connectivity index (χ2v) is 8.88. The fourth-order valence-electron chi connectivity index (χ4n) is 4.50. The zero-order valence-electron chi connectivity index (χ0n) is 17.7. The van der Waals surface area contributed by atoms with E-state index in [1.165, 1.54) is 0 Å². The van der Waals surface area contributed by atoms with Gasteiger partial charge in [-0.2, -0.15) is 0 Å². The van der Waals surface area contributed by atoms with E-state index < -0.39 is 5.92 Å². The van der Waals surface area contributed by atoms with E-state index in [-0.39, 0.29) is 11.5 Å². The molecule has 1 atom stereocenters. The van der Waals surface area contributed by atoms with Crippen LogP contribution in [-0.4, -0.2) is 15.5 Å². The average molecular weight is 488 g/mol. The van der Waals surface area contributed by atoms with Crippen LogP contribution in [0.1, 0.15) is 29.8 Å². The normalized spacial score (nSPS) is 15.4. The number of carbonyl (C=O) groups is 1. The second-order valence-electron chi connectivity index (χ2n) is 7.96. The maximum atomic E-state index is 13.6. The van der Waals surface area contributed by atoms with Gasteiger partial charge in [0.25, 0.3) is 5.56 Å². The van der Waals surface area contributed by atoms with Crippen molar-refractivity contribution in [1.82, 2.24) is 9.55 Å². The number of hydrogen-bond acceptors (Lipinski definition) is 3. The molecule has 5 rings (SSSR count). The number of anilines is 1. The summed E-state index contributed by atoms with van der Waals surface area (Å²) in [5.74, 6) is 0.283. The summed E-state index contributed by atoms with van der Waals surface area (Å²) in [5, 5.41) is 0.602. The number of halogens is 1. The molecule has 6 heteroatoms. The van der Waals surface area contributed by atoms with Crippen LogP contribution in [0.5, 0.6) is 0 Å². The highest BCUT2D eigenvalue weighted by atomic mass is 79.9. The van der Waals surface area contributed by atoms with Crippen molar-refractivity contribution in [2.45, 2.75) is 32.4 Å². The van der Waals surface area contributed by atoms with Crippen molar-refractivity contribution in [1.29, 1.82) is 0 Å². The maximum Gasteiger partial charge on any atom is 0.261 e. The fraction of sp³-hybridized carbons (Fsp3) is 0.192. The van der Waals surface area contributed by atoms with Gasteiger partial charge in [0.05, 0.1) is 23.4 Å². The third kappa shape index (κ3) is 3.54. The van der Waals surface area contributed by atoms with Crippen LogP contribution in [0.15, 0.2) is 82.1 Å². The molecule has 4 aromatic rings. The zero-order chi connectivity index (χ0) is 22.2. The van der Waals surface area contributed by atoms with Gasteiger partial charge in [0.2, 0.25) is 5.91 Å². The lowest BCUT2D eigenvalue weighted by Gasteiger charge is -2.19. The van der Waals surface area contributed by atoms with Crippen LogP contribution >= 0.6 is 15.9 Å². The Balaban J connectivity index is 1.58. The number of carbonyl (C=O) groups excluding carboxylic acids is 1. The van der Waals surface area contributed by atoms with Crippen LogP contribution in [0.2, 0.25) is 0 Å². The van der Waals surface area contributed by atoms with Gasteiger partial charge in [-0.25, -0.2) is 4.98 Å². The van der Waals surface area contributed by atoms with Crippen molar-refractivity contribution < 1.29 is 4.79 Å². The molecule has 0 radical (unpaired) electrons. The molecular formula is C26H22BrN3O2. The lowest BCUT2D eigenvalue weighted by atomic mass is 9.96. The first-order valence-corrected chi connectivity index (χ1v) is 11.5. The van der Waals surface area contributed by atoms with Crippen molar-refractivity contribution in [3.8, 4) is 0 Å². The van der Waals surface area contributed by atoms with E-state index in [1.54, 1.807) is 10.6 Å². The minimum atomic E-state index is -0.392. The summed E-state index contributed by atoms with van der Waals surface area (Å²) in [6, 6.07) is 23.3. The molecule has 1 aliphatic heterocycles. The van der Waals surface area contributed by atoms with Crippen LogP contribution in [0.25, 0.3) is 10.9 Å². The van der Waals surface area contributed by atoms with E-state index in [0.29, 0.717) is 36.2 Å². The minimum Gasteiger partial charge on any atom is -0.307 e. The molecule has 160 valence electrons. The summed E-state index contributed by atoms with van der Waals surface area (Å²) in [5.41, 5.74) is 3.56. The number of aromatic nitrogens is 2. The molecule has 3 aromatic carbocycles. The Kier molecular flexibility index (Phi) is 5.39.